The summed E-state index contributed by atoms with van der Waals surface area (Å²) < 4.78 is 5.29. The number of para-hydroxylation sites is 1. The Balaban J connectivity index is 1.40. The number of ether oxygens (including phenoxy) is 1. The minimum Gasteiger partial charge on any atom is -0.495 e. The van der Waals surface area contributed by atoms with Gasteiger partial charge in [0, 0.05) is 50.8 Å². The number of pyridine rings is 1. The molecule has 4 rings (SSSR count). The number of methoxy groups -OCH3 is 1. The Labute approximate surface area is 205 Å². The highest BCUT2D eigenvalue weighted by molar-refractivity contribution is 6.39. The van der Waals surface area contributed by atoms with Gasteiger partial charge in [0.1, 0.15) is 5.75 Å². The lowest BCUT2D eigenvalue weighted by Gasteiger charge is -2.40. The predicted molar refractivity (Wildman–Crippen MR) is 137 cm³/mol. The number of carbonyl (C=O) groups excluding carboxylic acids is 2. The van der Waals surface area contributed by atoms with E-state index in [1.807, 2.05) is 49.5 Å². The van der Waals surface area contributed by atoms with E-state index in [1.165, 1.54) is 12.8 Å². The van der Waals surface area contributed by atoms with Gasteiger partial charge in [-0.1, -0.05) is 30.3 Å². The molecule has 0 saturated carbocycles. The van der Waals surface area contributed by atoms with Crippen LogP contribution in [0.15, 0.2) is 73.1 Å². The van der Waals surface area contributed by atoms with Gasteiger partial charge in [-0.15, -0.1) is 0 Å². The third-order valence-corrected chi connectivity index (χ3v) is 6.21. The van der Waals surface area contributed by atoms with Crippen molar-refractivity contribution in [1.82, 2.24) is 15.2 Å². The Kier molecular flexibility index (Phi) is 7.95. The zero-order valence-corrected chi connectivity index (χ0v) is 20.1. The SMILES string of the molecule is COc1ccc(C)cc1NC(=O)C(=O)NC[C@@H](c1cccnc1)N1CCN(c2ccccc2)CC1. The Morgan fingerprint density at radius 3 is 2.46 bits per heavy atom. The first-order valence-electron chi connectivity index (χ1n) is 11.7. The Hall–Kier alpha value is -3.91. The van der Waals surface area contributed by atoms with Crippen LogP contribution in [-0.4, -0.2) is 61.5 Å². The molecule has 2 amide bonds. The molecule has 182 valence electrons. The third-order valence-electron chi connectivity index (χ3n) is 6.21. The Morgan fingerprint density at radius 2 is 1.77 bits per heavy atom. The monoisotopic (exact) mass is 473 g/mol. The normalized spacial score (nSPS) is 14.7. The van der Waals surface area contributed by atoms with Crippen molar-refractivity contribution < 1.29 is 14.3 Å². The third kappa shape index (κ3) is 6.16. The largest absolute Gasteiger partial charge is 0.495 e. The molecule has 1 saturated heterocycles. The number of nitrogens with zero attached hydrogens (tertiary/aromatic N) is 3. The van der Waals surface area contributed by atoms with Crippen LogP contribution in [0.25, 0.3) is 0 Å². The maximum Gasteiger partial charge on any atom is 0.313 e. The van der Waals surface area contributed by atoms with E-state index in [1.54, 1.807) is 18.3 Å². The van der Waals surface area contributed by atoms with Crippen LogP contribution in [0.2, 0.25) is 0 Å². The van der Waals surface area contributed by atoms with E-state index in [0.717, 1.165) is 37.3 Å². The highest BCUT2D eigenvalue weighted by Crippen LogP contribution is 2.26. The lowest BCUT2D eigenvalue weighted by atomic mass is 10.1. The van der Waals surface area contributed by atoms with Gasteiger partial charge in [0.15, 0.2) is 0 Å². The molecule has 35 heavy (non-hydrogen) atoms. The molecule has 0 radical (unpaired) electrons. The first kappa shape index (κ1) is 24.2. The topological polar surface area (TPSA) is 86.8 Å². The van der Waals surface area contributed by atoms with Gasteiger partial charge < -0.3 is 20.3 Å². The van der Waals surface area contributed by atoms with Gasteiger partial charge in [-0.05, 0) is 48.4 Å². The van der Waals surface area contributed by atoms with Crippen LogP contribution in [0.5, 0.6) is 5.75 Å². The van der Waals surface area contributed by atoms with E-state index in [4.69, 9.17) is 4.74 Å². The second-order valence-corrected chi connectivity index (χ2v) is 8.53. The standard InChI is InChI=1S/C27H31N5O3/c1-20-10-11-25(35-2)23(17-20)30-27(34)26(33)29-19-24(21-7-6-12-28-18-21)32-15-13-31(14-16-32)22-8-4-3-5-9-22/h3-12,17-18,24H,13-16,19H2,1-2H3,(H,29,33)(H,30,34)/t24-/m0/s1. The van der Waals surface area contributed by atoms with Crippen molar-refractivity contribution in [3.05, 3.63) is 84.2 Å². The zero-order chi connectivity index (χ0) is 24.6. The molecule has 0 unspecified atom stereocenters. The number of anilines is 2. The smallest absolute Gasteiger partial charge is 0.313 e. The number of carbonyl (C=O) groups is 2. The van der Waals surface area contributed by atoms with Crippen LogP contribution in [0.3, 0.4) is 0 Å². The van der Waals surface area contributed by atoms with E-state index >= 15 is 0 Å². The van der Waals surface area contributed by atoms with E-state index in [0.29, 0.717) is 18.0 Å². The van der Waals surface area contributed by atoms with Crippen LogP contribution in [0, 0.1) is 6.92 Å². The molecule has 1 atom stereocenters. The Morgan fingerprint density at radius 1 is 1.00 bits per heavy atom. The van der Waals surface area contributed by atoms with Crippen molar-refractivity contribution in [3.63, 3.8) is 0 Å². The molecule has 0 aliphatic carbocycles. The van der Waals surface area contributed by atoms with Gasteiger partial charge in [0.05, 0.1) is 18.8 Å². The van der Waals surface area contributed by atoms with E-state index in [-0.39, 0.29) is 6.04 Å². The summed E-state index contributed by atoms with van der Waals surface area (Å²) in [7, 11) is 1.52. The van der Waals surface area contributed by atoms with Crippen LogP contribution in [0.1, 0.15) is 17.2 Å². The molecule has 3 aromatic rings. The molecule has 2 heterocycles. The fourth-order valence-corrected chi connectivity index (χ4v) is 4.33. The van der Waals surface area contributed by atoms with Crippen molar-refractivity contribution in [2.75, 3.05) is 50.1 Å². The number of hydrogen-bond donors (Lipinski definition) is 2. The number of piperazine rings is 1. The average molecular weight is 474 g/mol. The second kappa shape index (κ2) is 11.5. The maximum absolute atomic E-state index is 12.7. The summed E-state index contributed by atoms with van der Waals surface area (Å²) in [5, 5.41) is 5.48. The number of amides is 2. The van der Waals surface area contributed by atoms with Crippen molar-refractivity contribution in [2.45, 2.75) is 13.0 Å². The molecular weight excluding hydrogens is 442 g/mol. The first-order chi connectivity index (χ1) is 17.0. The molecule has 1 fully saturated rings. The predicted octanol–water partition coefficient (Wildman–Crippen LogP) is 3.02. The number of hydrogen-bond acceptors (Lipinski definition) is 6. The molecule has 8 nitrogen and oxygen atoms in total. The van der Waals surface area contributed by atoms with Crippen LogP contribution in [-0.2, 0) is 9.59 Å². The summed E-state index contributed by atoms with van der Waals surface area (Å²) in [6, 6.07) is 19.6. The highest BCUT2D eigenvalue weighted by Gasteiger charge is 2.27. The zero-order valence-electron chi connectivity index (χ0n) is 20.1. The van der Waals surface area contributed by atoms with Crippen molar-refractivity contribution in [1.29, 1.82) is 0 Å². The molecule has 2 aromatic carbocycles. The number of rotatable bonds is 7. The number of aryl methyl sites for hydroxylation is 1. The lowest BCUT2D eigenvalue weighted by Crippen LogP contribution is -2.50. The molecule has 1 aliphatic rings. The molecule has 1 aromatic heterocycles. The molecule has 2 N–H and O–H groups in total. The van der Waals surface area contributed by atoms with Gasteiger partial charge in [0.2, 0.25) is 0 Å². The summed E-state index contributed by atoms with van der Waals surface area (Å²) in [6.45, 7) is 5.62. The average Bonchev–Trinajstić information content (AvgIpc) is 2.90. The second-order valence-electron chi connectivity index (χ2n) is 8.53. The quantitative estimate of drug-likeness (QED) is 0.513. The number of benzene rings is 2. The molecule has 0 spiro atoms. The van der Waals surface area contributed by atoms with Gasteiger partial charge >= 0.3 is 11.8 Å². The summed E-state index contributed by atoms with van der Waals surface area (Å²) in [5.74, 6) is -0.917. The van der Waals surface area contributed by atoms with Crippen molar-refractivity contribution in [3.8, 4) is 5.75 Å². The molecule has 0 bridgehead atoms. The fraction of sp³-hybridized carbons (Fsp3) is 0.296. The highest BCUT2D eigenvalue weighted by atomic mass is 16.5. The molecular formula is C27H31N5O3. The maximum atomic E-state index is 12.7. The van der Waals surface area contributed by atoms with Gasteiger partial charge in [-0.2, -0.15) is 0 Å². The van der Waals surface area contributed by atoms with Crippen LogP contribution < -0.4 is 20.3 Å². The fourth-order valence-electron chi connectivity index (χ4n) is 4.33. The van der Waals surface area contributed by atoms with Crippen molar-refractivity contribution >= 4 is 23.2 Å². The van der Waals surface area contributed by atoms with Crippen molar-refractivity contribution in [2.24, 2.45) is 0 Å². The van der Waals surface area contributed by atoms with Gasteiger partial charge in [-0.25, -0.2) is 0 Å². The van der Waals surface area contributed by atoms with E-state index in [9.17, 15) is 9.59 Å². The summed E-state index contributed by atoms with van der Waals surface area (Å²) in [4.78, 5) is 34.2. The first-order valence-corrected chi connectivity index (χ1v) is 11.7. The minimum absolute atomic E-state index is 0.0909. The summed E-state index contributed by atoms with van der Waals surface area (Å²) in [6.07, 6.45) is 3.55. The number of aromatic nitrogens is 1. The number of nitrogens with one attached hydrogen (secondary N) is 2. The molecule has 1 aliphatic heterocycles. The van der Waals surface area contributed by atoms with Gasteiger partial charge in [0.25, 0.3) is 0 Å². The van der Waals surface area contributed by atoms with E-state index < -0.39 is 11.8 Å². The molecule has 8 heteroatoms. The van der Waals surface area contributed by atoms with E-state index in [2.05, 4.69) is 37.6 Å². The summed E-state index contributed by atoms with van der Waals surface area (Å²) >= 11 is 0. The van der Waals surface area contributed by atoms with Crippen LogP contribution >= 0.6 is 0 Å². The Bertz CT molecular complexity index is 1130. The lowest BCUT2D eigenvalue weighted by molar-refractivity contribution is -0.136. The van der Waals surface area contributed by atoms with Crippen LogP contribution in [0.4, 0.5) is 11.4 Å². The minimum atomic E-state index is -0.729. The summed E-state index contributed by atoms with van der Waals surface area (Å²) in [5.41, 5.74) is 3.63. The van der Waals surface area contributed by atoms with Gasteiger partial charge in [-0.3, -0.25) is 19.5 Å².